The van der Waals surface area contributed by atoms with Crippen molar-refractivity contribution < 1.29 is 0 Å². The van der Waals surface area contributed by atoms with Gasteiger partial charge in [-0.2, -0.15) is 0 Å². The molecule has 82 valence electrons. The summed E-state index contributed by atoms with van der Waals surface area (Å²) in [7, 11) is 1.85. The van der Waals surface area contributed by atoms with E-state index in [-0.39, 0.29) is 5.96 Å². The van der Waals surface area contributed by atoms with Crippen molar-refractivity contribution in [1.82, 2.24) is 5.01 Å². The summed E-state index contributed by atoms with van der Waals surface area (Å²) in [6.07, 6.45) is 0. The Labute approximate surface area is 90.6 Å². The predicted molar refractivity (Wildman–Crippen MR) is 63.2 cm³/mol. The van der Waals surface area contributed by atoms with E-state index in [1.54, 1.807) is 5.01 Å². The molecule has 0 radical (unpaired) electrons. The van der Waals surface area contributed by atoms with Gasteiger partial charge in [-0.1, -0.05) is 18.2 Å². The minimum atomic E-state index is 0.0868. The molecule has 0 saturated carbocycles. The molecule has 4 nitrogen and oxygen atoms in total. The second-order valence-electron chi connectivity index (χ2n) is 3.71. The van der Waals surface area contributed by atoms with Crippen molar-refractivity contribution in [2.75, 3.05) is 7.05 Å². The van der Waals surface area contributed by atoms with E-state index in [4.69, 9.17) is 11.5 Å². The van der Waals surface area contributed by atoms with E-state index in [1.807, 2.05) is 7.05 Å². The molecule has 0 spiro atoms. The van der Waals surface area contributed by atoms with Gasteiger partial charge in [0.2, 0.25) is 5.96 Å². The molecule has 0 saturated heterocycles. The molecule has 0 aliphatic carbocycles. The van der Waals surface area contributed by atoms with Gasteiger partial charge in [0.05, 0.1) is 6.54 Å². The van der Waals surface area contributed by atoms with Gasteiger partial charge in [0.15, 0.2) is 0 Å². The molecule has 0 unspecified atom stereocenters. The van der Waals surface area contributed by atoms with Gasteiger partial charge in [0.1, 0.15) is 0 Å². The molecule has 1 rings (SSSR count). The molecule has 0 heterocycles. The summed E-state index contributed by atoms with van der Waals surface area (Å²) in [6, 6.07) is 6.23. The first-order chi connectivity index (χ1) is 7.00. The average Bonchev–Trinajstić information content (AvgIpc) is 2.10. The molecule has 1 aromatic carbocycles. The van der Waals surface area contributed by atoms with Crippen molar-refractivity contribution in [3.63, 3.8) is 0 Å². The Bertz CT molecular complexity index is 347. The van der Waals surface area contributed by atoms with Gasteiger partial charge in [-0.25, -0.2) is 0 Å². The van der Waals surface area contributed by atoms with Crippen LogP contribution in [0.2, 0.25) is 0 Å². The Hall–Kier alpha value is -1.71. The van der Waals surface area contributed by atoms with Crippen LogP contribution in [0.1, 0.15) is 16.7 Å². The lowest BCUT2D eigenvalue weighted by molar-refractivity contribution is 0.344. The number of aryl methyl sites for hydroxylation is 2. The molecule has 0 fully saturated rings. The highest BCUT2D eigenvalue weighted by Gasteiger charge is 2.04. The molecular weight excluding hydrogens is 188 g/mol. The fraction of sp³-hybridized carbons (Fsp3) is 0.364. The lowest BCUT2D eigenvalue weighted by Crippen LogP contribution is -2.27. The minimum Gasteiger partial charge on any atom is -0.369 e. The number of nitrogens with two attached hydrogens (primary N) is 2. The second-order valence-corrected chi connectivity index (χ2v) is 3.71. The standard InChI is InChI=1S/C11H18N4/c1-8-5-4-6-9(2)10(8)7-15(3)14-11(12)13/h4-6H,7H2,1-3H3,(H4,12,13,14). The molecular formula is C11H18N4. The number of hydrogen-bond acceptors (Lipinski definition) is 2. The van der Waals surface area contributed by atoms with Crippen LogP contribution in [0.5, 0.6) is 0 Å². The number of rotatable bonds is 3. The zero-order chi connectivity index (χ0) is 11.4. The lowest BCUT2D eigenvalue weighted by atomic mass is 10.0. The topological polar surface area (TPSA) is 67.6 Å². The van der Waals surface area contributed by atoms with Crippen LogP contribution in [0.15, 0.2) is 23.3 Å². The maximum absolute atomic E-state index is 5.31. The number of benzene rings is 1. The fourth-order valence-corrected chi connectivity index (χ4v) is 1.56. The molecule has 0 aromatic heterocycles. The summed E-state index contributed by atoms with van der Waals surface area (Å²) in [6.45, 7) is 4.90. The summed E-state index contributed by atoms with van der Waals surface area (Å²) in [5.74, 6) is 0.0868. The summed E-state index contributed by atoms with van der Waals surface area (Å²) >= 11 is 0. The Morgan fingerprint density at radius 1 is 1.27 bits per heavy atom. The highest BCUT2D eigenvalue weighted by Crippen LogP contribution is 2.14. The third kappa shape index (κ3) is 3.16. The van der Waals surface area contributed by atoms with Crippen LogP contribution in [0.25, 0.3) is 0 Å². The van der Waals surface area contributed by atoms with Crippen LogP contribution < -0.4 is 11.5 Å². The molecule has 4 heteroatoms. The van der Waals surface area contributed by atoms with Gasteiger partial charge in [-0.3, -0.25) is 5.01 Å². The van der Waals surface area contributed by atoms with Crippen molar-refractivity contribution in [3.8, 4) is 0 Å². The number of nitrogens with zero attached hydrogens (tertiary/aromatic N) is 2. The van der Waals surface area contributed by atoms with E-state index in [2.05, 4.69) is 37.1 Å². The molecule has 0 atom stereocenters. The Morgan fingerprint density at radius 2 is 1.80 bits per heavy atom. The number of hydrazone groups is 1. The van der Waals surface area contributed by atoms with E-state index < -0.39 is 0 Å². The minimum absolute atomic E-state index is 0.0868. The smallest absolute Gasteiger partial charge is 0.208 e. The van der Waals surface area contributed by atoms with Crippen LogP contribution in [-0.2, 0) is 6.54 Å². The predicted octanol–water partition coefficient (Wildman–Crippen LogP) is 0.924. The Balaban J connectivity index is 2.85. The Kier molecular flexibility index (Phi) is 3.55. The first-order valence-corrected chi connectivity index (χ1v) is 4.86. The molecule has 15 heavy (non-hydrogen) atoms. The van der Waals surface area contributed by atoms with Gasteiger partial charge in [-0.15, -0.1) is 5.10 Å². The van der Waals surface area contributed by atoms with Gasteiger partial charge < -0.3 is 11.5 Å². The molecule has 1 aromatic rings. The van der Waals surface area contributed by atoms with Crippen molar-refractivity contribution in [2.45, 2.75) is 20.4 Å². The first kappa shape index (κ1) is 11.4. The highest BCUT2D eigenvalue weighted by molar-refractivity contribution is 5.75. The van der Waals surface area contributed by atoms with Crippen LogP contribution in [-0.4, -0.2) is 18.0 Å². The quantitative estimate of drug-likeness (QED) is 0.439. The SMILES string of the molecule is Cc1cccc(C)c1CN(C)N=C(N)N. The summed E-state index contributed by atoms with van der Waals surface area (Å²) in [5.41, 5.74) is 14.4. The molecule has 0 aliphatic rings. The van der Waals surface area contributed by atoms with E-state index in [0.717, 1.165) is 6.54 Å². The maximum Gasteiger partial charge on any atom is 0.208 e. The highest BCUT2D eigenvalue weighted by atomic mass is 15.5. The average molecular weight is 206 g/mol. The summed E-state index contributed by atoms with van der Waals surface area (Å²) < 4.78 is 0. The van der Waals surface area contributed by atoms with E-state index in [1.165, 1.54) is 16.7 Å². The molecule has 0 bridgehead atoms. The van der Waals surface area contributed by atoms with Crippen LogP contribution >= 0.6 is 0 Å². The van der Waals surface area contributed by atoms with Crippen molar-refractivity contribution in [2.24, 2.45) is 16.6 Å². The lowest BCUT2D eigenvalue weighted by Gasteiger charge is -2.16. The second kappa shape index (κ2) is 4.68. The van der Waals surface area contributed by atoms with Crippen molar-refractivity contribution >= 4 is 5.96 Å². The van der Waals surface area contributed by atoms with E-state index in [9.17, 15) is 0 Å². The van der Waals surface area contributed by atoms with E-state index in [0.29, 0.717) is 0 Å². The third-order valence-corrected chi connectivity index (χ3v) is 2.32. The molecule has 0 amide bonds. The fourth-order valence-electron chi connectivity index (χ4n) is 1.56. The van der Waals surface area contributed by atoms with Gasteiger partial charge in [-0.05, 0) is 30.5 Å². The molecule has 0 aliphatic heterocycles. The first-order valence-electron chi connectivity index (χ1n) is 4.86. The third-order valence-electron chi connectivity index (χ3n) is 2.32. The van der Waals surface area contributed by atoms with Crippen LogP contribution in [0.3, 0.4) is 0 Å². The largest absolute Gasteiger partial charge is 0.369 e. The van der Waals surface area contributed by atoms with Gasteiger partial charge >= 0.3 is 0 Å². The monoisotopic (exact) mass is 206 g/mol. The number of guanidine groups is 1. The number of hydrogen-bond donors (Lipinski definition) is 2. The summed E-state index contributed by atoms with van der Waals surface area (Å²) in [5, 5.41) is 5.70. The maximum atomic E-state index is 5.31. The van der Waals surface area contributed by atoms with E-state index >= 15 is 0 Å². The summed E-state index contributed by atoms with van der Waals surface area (Å²) in [4.78, 5) is 0. The zero-order valence-corrected chi connectivity index (χ0v) is 9.49. The van der Waals surface area contributed by atoms with Crippen molar-refractivity contribution in [3.05, 3.63) is 34.9 Å². The molecule has 4 N–H and O–H groups in total. The zero-order valence-electron chi connectivity index (χ0n) is 9.49. The normalized spacial score (nSPS) is 9.80. The van der Waals surface area contributed by atoms with Gasteiger partial charge in [0.25, 0.3) is 0 Å². The van der Waals surface area contributed by atoms with Crippen molar-refractivity contribution in [1.29, 1.82) is 0 Å². The van der Waals surface area contributed by atoms with Gasteiger partial charge in [0, 0.05) is 7.05 Å². The van der Waals surface area contributed by atoms with Crippen LogP contribution in [0.4, 0.5) is 0 Å². The van der Waals surface area contributed by atoms with Crippen LogP contribution in [0, 0.1) is 13.8 Å². The Morgan fingerprint density at radius 3 is 2.27 bits per heavy atom.